The topological polar surface area (TPSA) is 78.3 Å². The fourth-order valence-electron chi connectivity index (χ4n) is 5.14. The molecule has 0 radical (unpaired) electrons. The number of pyridine rings is 1. The number of amides is 1. The summed E-state index contributed by atoms with van der Waals surface area (Å²) in [6.07, 6.45) is 6.32. The monoisotopic (exact) mass is 486 g/mol. The second-order valence-corrected chi connectivity index (χ2v) is 10.9. The van der Waals surface area contributed by atoms with Crippen LogP contribution in [-0.2, 0) is 9.53 Å². The Morgan fingerprint density at radius 3 is 2.56 bits per heavy atom. The molecule has 190 valence electrons. The van der Waals surface area contributed by atoms with Crippen LogP contribution in [-0.4, -0.2) is 29.9 Å². The molecular formula is C30H38N4O2. The van der Waals surface area contributed by atoms with Gasteiger partial charge >= 0.3 is 5.91 Å². The van der Waals surface area contributed by atoms with Crippen LogP contribution in [0, 0.1) is 36.5 Å². The first kappa shape index (κ1) is 25.8. The van der Waals surface area contributed by atoms with Gasteiger partial charge in [-0.1, -0.05) is 25.8 Å². The van der Waals surface area contributed by atoms with Gasteiger partial charge in [0.15, 0.2) is 0 Å². The molecule has 1 heterocycles. The van der Waals surface area contributed by atoms with Crippen molar-refractivity contribution in [3.63, 3.8) is 0 Å². The first-order valence-electron chi connectivity index (χ1n) is 13.0. The predicted molar refractivity (Wildman–Crippen MR) is 146 cm³/mol. The van der Waals surface area contributed by atoms with Crippen molar-refractivity contribution < 1.29 is 9.53 Å². The van der Waals surface area contributed by atoms with Gasteiger partial charge in [-0.25, -0.2) is 4.98 Å². The third-order valence-corrected chi connectivity index (χ3v) is 7.37. The quantitative estimate of drug-likeness (QED) is 0.273. The highest BCUT2D eigenvalue weighted by molar-refractivity contribution is 6.11. The third kappa shape index (κ3) is 5.56. The Morgan fingerprint density at radius 2 is 1.92 bits per heavy atom. The van der Waals surface area contributed by atoms with E-state index >= 15 is 0 Å². The van der Waals surface area contributed by atoms with Gasteiger partial charge in [-0.15, -0.1) is 0 Å². The summed E-state index contributed by atoms with van der Waals surface area (Å²) in [5, 5.41) is 11.9. The molecule has 0 saturated heterocycles. The van der Waals surface area contributed by atoms with Crippen molar-refractivity contribution in [2.24, 2.45) is 5.41 Å². The number of anilines is 3. The van der Waals surface area contributed by atoms with Gasteiger partial charge in [0.2, 0.25) is 5.90 Å². The molecule has 0 aliphatic heterocycles. The van der Waals surface area contributed by atoms with Crippen LogP contribution in [0.15, 0.2) is 24.3 Å². The zero-order chi connectivity index (χ0) is 26.0. The fraction of sp³-hybridized carbons (Fsp3) is 0.500. The van der Waals surface area contributed by atoms with Crippen molar-refractivity contribution >= 4 is 29.0 Å². The van der Waals surface area contributed by atoms with Crippen molar-refractivity contribution in [3.05, 3.63) is 46.6 Å². The number of carbonyl (C=O) groups is 1. The van der Waals surface area contributed by atoms with E-state index in [1.807, 2.05) is 12.1 Å². The van der Waals surface area contributed by atoms with E-state index in [2.05, 4.69) is 57.0 Å². The van der Waals surface area contributed by atoms with E-state index in [0.29, 0.717) is 23.1 Å². The van der Waals surface area contributed by atoms with Crippen LogP contribution in [0.4, 0.5) is 17.2 Å². The Hall–Kier alpha value is -3.33. The van der Waals surface area contributed by atoms with Gasteiger partial charge in [-0.2, -0.15) is 0 Å². The van der Waals surface area contributed by atoms with E-state index in [0.717, 1.165) is 48.9 Å². The van der Waals surface area contributed by atoms with Crippen LogP contribution in [0.25, 0.3) is 0 Å². The van der Waals surface area contributed by atoms with Crippen LogP contribution in [0.5, 0.6) is 0 Å². The summed E-state index contributed by atoms with van der Waals surface area (Å²) in [6, 6.07) is 7.93. The maximum atomic E-state index is 13.4. The van der Waals surface area contributed by atoms with E-state index in [1.165, 1.54) is 12.0 Å². The van der Waals surface area contributed by atoms with Crippen molar-refractivity contribution in [1.82, 2.24) is 4.98 Å². The summed E-state index contributed by atoms with van der Waals surface area (Å²) in [4.78, 5) is 19.8. The van der Waals surface area contributed by atoms with Crippen molar-refractivity contribution in [2.75, 3.05) is 17.3 Å². The van der Waals surface area contributed by atoms with Crippen LogP contribution in [0.3, 0.4) is 0 Å². The Kier molecular flexibility index (Phi) is 7.40. The van der Waals surface area contributed by atoms with Crippen LogP contribution in [0.1, 0.15) is 87.6 Å². The summed E-state index contributed by atoms with van der Waals surface area (Å²) >= 11 is 0. The highest BCUT2D eigenvalue weighted by atomic mass is 16.5. The minimum Gasteiger partial charge on any atom is -0.473 e. The molecule has 2 fully saturated rings. The molecule has 4 rings (SSSR count). The first-order chi connectivity index (χ1) is 17.1. The lowest BCUT2D eigenvalue weighted by Gasteiger charge is -2.35. The molecule has 6 nitrogen and oxygen atoms in total. The number of nitrogens with one attached hydrogen (secondary N) is 2. The molecule has 36 heavy (non-hydrogen) atoms. The summed E-state index contributed by atoms with van der Waals surface area (Å²) in [6.45, 7) is 10.3. The highest BCUT2D eigenvalue weighted by Gasteiger charge is 2.33. The van der Waals surface area contributed by atoms with E-state index in [4.69, 9.17) is 15.1 Å². The average molecular weight is 487 g/mol. The highest BCUT2D eigenvalue weighted by Crippen LogP contribution is 2.46. The van der Waals surface area contributed by atoms with Gasteiger partial charge in [0.1, 0.15) is 17.6 Å². The molecule has 1 aromatic heterocycles. The smallest absolute Gasteiger partial charge is 0.308 e. The van der Waals surface area contributed by atoms with Crippen LogP contribution >= 0.6 is 0 Å². The molecule has 2 N–H and O–H groups in total. The van der Waals surface area contributed by atoms with Gasteiger partial charge < -0.3 is 10.1 Å². The number of aromatic nitrogens is 1. The Balaban J connectivity index is 1.75. The second kappa shape index (κ2) is 10.3. The van der Waals surface area contributed by atoms with Gasteiger partial charge in [0.25, 0.3) is 0 Å². The molecule has 1 aromatic carbocycles. The molecule has 1 atom stereocenters. The van der Waals surface area contributed by atoms with E-state index in [9.17, 15) is 4.79 Å². The molecule has 2 saturated carbocycles. The number of ether oxygens (including phenoxy) is 1. The summed E-state index contributed by atoms with van der Waals surface area (Å²) in [5.41, 5.74) is 5.59. The number of carbonyl (C=O) groups excluding carboxylic acids is 1. The zero-order valence-electron chi connectivity index (χ0n) is 22.4. The summed E-state index contributed by atoms with van der Waals surface area (Å²) < 4.78 is 6.16. The zero-order valence-corrected chi connectivity index (χ0v) is 22.4. The van der Waals surface area contributed by atoms with Crippen molar-refractivity contribution in [2.45, 2.75) is 85.2 Å². The third-order valence-electron chi connectivity index (χ3n) is 7.37. The molecule has 1 unspecified atom stereocenters. The first-order valence-corrected chi connectivity index (χ1v) is 13.0. The van der Waals surface area contributed by atoms with Gasteiger partial charge in [0, 0.05) is 7.05 Å². The Bertz CT molecular complexity index is 1230. The predicted octanol–water partition coefficient (Wildman–Crippen LogP) is 6.62. The molecule has 6 heteroatoms. The largest absolute Gasteiger partial charge is 0.473 e. The lowest BCUT2D eigenvalue weighted by atomic mass is 9.76. The molecular weight excluding hydrogens is 448 g/mol. The number of benzene rings is 1. The number of aryl methyl sites for hydroxylation is 2. The Labute approximate surface area is 215 Å². The molecule has 0 spiro atoms. The molecule has 1 amide bonds. The van der Waals surface area contributed by atoms with Gasteiger partial charge in [-0.05, 0) is 111 Å². The Morgan fingerprint density at radius 1 is 1.19 bits per heavy atom. The average Bonchev–Trinajstić information content (AvgIpc) is 3.66. The minimum absolute atomic E-state index is 0.0127. The molecule has 2 aromatic rings. The van der Waals surface area contributed by atoms with Gasteiger partial charge in [0.05, 0.1) is 11.4 Å². The number of nitrogens with zero attached hydrogens (tertiary/aromatic N) is 2. The molecule has 2 aliphatic rings. The van der Waals surface area contributed by atoms with E-state index < -0.39 is 0 Å². The maximum absolute atomic E-state index is 13.4. The molecule has 0 bridgehead atoms. The number of rotatable bonds is 6. The lowest BCUT2D eigenvalue weighted by molar-refractivity contribution is -0.112. The number of hydrogen-bond donors (Lipinski definition) is 2. The van der Waals surface area contributed by atoms with E-state index in [-0.39, 0.29) is 23.3 Å². The minimum atomic E-state index is -0.334. The standard InChI is InChI=1S/C30H38N4O2/c1-7-9-27(35)34(25-17-20(3)19(2)16-23(25)21-11-12-21)26-14-13-24(32-6)28(33-26)29(31)36-22-10-8-15-30(4,5)18-22/h13-14,16-17,21-22,31-32H,8,10-12,15,18H2,1-6H3. The number of hydrogen-bond acceptors (Lipinski definition) is 5. The fourth-order valence-corrected chi connectivity index (χ4v) is 5.14. The maximum Gasteiger partial charge on any atom is 0.308 e. The summed E-state index contributed by atoms with van der Waals surface area (Å²) in [5.74, 6) is 6.04. The molecule has 2 aliphatic carbocycles. The van der Waals surface area contributed by atoms with Crippen molar-refractivity contribution in [3.8, 4) is 11.8 Å². The van der Waals surface area contributed by atoms with Crippen LogP contribution < -0.4 is 10.2 Å². The summed E-state index contributed by atoms with van der Waals surface area (Å²) in [7, 11) is 1.80. The SMILES string of the molecule is CC#CC(=O)N(c1ccc(NC)c(C(=N)OC2CCCC(C)(C)C2)n1)c1cc(C)c(C)cc1C1CC1. The second-order valence-electron chi connectivity index (χ2n) is 10.9. The normalized spacial score (nSPS) is 18.6. The van der Waals surface area contributed by atoms with Crippen molar-refractivity contribution in [1.29, 1.82) is 5.41 Å². The van der Waals surface area contributed by atoms with Gasteiger partial charge in [-0.3, -0.25) is 15.1 Å². The van der Waals surface area contributed by atoms with Crippen LogP contribution in [0.2, 0.25) is 0 Å². The van der Waals surface area contributed by atoms with E-state index in [1.54, 1.807) is 18.9 Å². The lowest BCUT2D eigenvalue weighted by Crippen LogP contribution is -2.31.